The minimum absolute atomic E-state index is 0.356. The average Bonchev–Trinajstić information content (AvgIpc) is 2.42. The summed E-state index contributed by atoms with van der Waals surface area (Å²) in [6.45, 7) is 6.82. The van der Waals surface area contributed by atoms with Crippen LogP contribution >= 0.6 is 12.2 Å². The lowest BCUT2D eigenvalue weighted by molar-refractivity contribution is 0.271. The van der Waals surface area contributed by atoms with Crippen molar-refractivity contribution in [3.05, 3.63) is 34.7 Å². The molecule has 106 valence electrons. The van der Waals surface area contributed by atoms with Crippen LogP contribution in [-0.2, 0) is 0 Å². The molecule has 0 aliphatic heterocycles. The molecule has 0 aliphatic rings. The van der Waals surface area contributed by atoms with Crippen molar-refractivity contribution >= 4 is 23.7 Å². The quantitative estimate of drug-likeness (QED) is 0.823. The molecule has 6 heteroatoms. The van der Waals surface area contributed by atoms with Gasteiger partial charge in [-0.25, -0.2) is 0 Å². The van der Waals surface area contributed by atoms with E-state index in [4.69, 9.17) is 17.0 Å². The number of ether oxygens (including phenoxy) is 1. The first kappa shape index (κ1) is 14.5. The Bertz CT molecular complexity index is 622. The molecule has 0 spiro atoms. The van der Waals surface area contributed by atoms with Crippen LogP contribution in [0.1, 0.15) is 19.5 Å². The van der Waals surface area contributed by atoms with E-state index in [1.54, 1.807) is 0 Å². The molecule has 0 bridgehead atoms. The van der Waals surface area contributed by atoms with Gasteiger partial charge in [-0.05, 0) is 49.3 Å². The van der Waals surface area contributed by atoms with Gasteiger partial charge in [-0.3, -0.25) is 5.10 Å². The molecule has 2 rings (SSSR count). The molecule has 5 nitrogen and oxygen atoms in total. The van der Waals surface area contributed by atoms with Crippen molar-refractivity contribution < 1.29 is 4.74 Å². The molecule has 1 aromatic heterocycles. The Balaban J connectivity index is 2.07. The molecule has 0 saturated carbocycles. The highest BCUT2D eigenvalue weighted by Gasteiger charge is 2.03. The zero-order valence-corrected chi connectivity index (χ0v) is 12.6. The monoisotopic (exact) mass is 290 g/mol. The number of aryl methyl sites for hydroxylation is 1. The Kier molecular flexibility index (Phi) is 4.68. The summed E-state index contributed by atoms with van der Waals surface area (Å²) in [5, 5.41) is 9.91. The zero-order chi connectivity index (χ0) is 14.5. The molecule has 1 aromatic carbocycles. The van der Waals surface area contributed by atoms with Gasteiger partial charge in [-0.1, -0.05) is 13.8 Å². The van der Waals surface area contributed by atoms with E-state index in [0.717, 1.165) is 17.1 Å². The molecule has 0 amide bonds. The third-order valence-electron chi connectivity index (χ3n) is 2.58. The van der Waals surface area contributed by atoms with Gasteiger partial charge < -0.3 is 10.1 Å². The summed E-state index contributed by atoms with van der Waals surface area (Å²) in [6.07, 6.45) is 0. The Morgan fingerprint density at radius 3 is 2.65 bits per heavy atom. The Morgan fingerprint density at radius 2 is 2.00 bits per heavy atom. The number of H-pyrrole nitrogens is 1. The van der Waals surface area contributed by atoms with Gasteiger partial charge in [0.05, 0.1) is 6.61 Å². The van der Waals surface area contributed by atoms with E-state index in [-0.39, 0.29) is 0 Å². The summed E-state index contributed by atoms with van der Waals surface area (Å²) >= 11 is 4.97. The number of nitrogens with one attached hydrogen (secondary N) is 2. The zero-order valence-electron chi connectivity index (χ0n) is 11.8. The largest absolute Gasteiger partial charge is 0.493 e. The lowest BCUT2D eigenvalue weighted by Crippen LogP contribution is -2.04. The average molecular weight is 290 g/mol. The van der Waals surface area contributed by atoms with Crippen LogP contribution in [-0.4, -0.2) is 21.8 Å². The summed E-state index contributed by atoms with van der Waals surface area (Å²) in [4.78, 5) is 4.20. The molecule has 0 radical (unpaired) electrons. The first-order valence-corrected chi connectivity index (χ1v) is 6.88. The third-order valence-corrected chi connectivity index (χ3v) is 2.76. The minimum atomic E-state index is 0.356. The summed E-state index contributed by atoms with van der Waals surface area (Å²) in [5.74, 6) is 2.03. The molecular weight excluding hydrogens is 272 g/mol. The van der Waals surface area contributed by atoms with Crippen LogP contribution in [0.3, 0.4) is 0 Å². The van der Waals surface area contributed by atoms with Crippen molar-refractivity contribution in [2.45, 2.75) is 20.8 Å². The number of benzene rings is 1. The predicted octanol–water partition coefficient (Wildman–Crippen LogP) is 3.62. The maximum Gasteiger partial charge on any atom is 0.215 e. The maximum atomic E-state index is 5.64. The van der Waals surface area contributed by atoms with Gasteiger partial charge in [-0.15, -0.1) is 0 Å². The number of aromatic amines is 1. The van der Waals surface area contributed by atoms with Crippen molar-refractivity contribution in [2.75, 3.05) is 11.9 Å². The summed E-state index contributed by atoms with van der Waals surface area (Å²) in [5.41, 5.74) is 1.68. The van der Waals surface area contributed by atoms with Gasteiger partial charge >= 0.3 is 0 Å². The van der Waals surface area contributed by atoms with E-state index >= 15 is 0 Å². The standard InChI is InChI=1S/C14H18N4OS/c1-9(2)8-19-12-6-4-11(5-7-12)15-13-10(3)17-18-14(20)16-13/h4-7,9H,8H2,1-3H3,(H2,15,16,18,20). The second-order valence-electron chi connectivity index (χ2n) is 4.93. The van der Waals surface area contributed by atoms with Gasteiger partial charge in [0.1, 0.15) is 11.4 Å². The topological polar surface area (TPSA) is 62.8 Å². The van der Waals surface area contributed by atoms with Crippen LogP contribution in [0.2, 0.25) is 0 Å². The van der Waals surface area contributed by atoms with E-state index in [9.17, 15) is 0 Å². The smallest absolute Gasteiger partial charge is 0.215 e. The number of rotatable bonds is 5. The fourth-order valence-corrected chi connectivity index (χ4v) is 1.68. The molecular formula is C14H18N4OS. The van der Waals surface area contributed by atoms with Gasteiger partial charge in [0.2, 0.25) is 4.77 Å². The lowest BCUT2D eigenvalue weighted by Gasteiger charge is -2.10. The minimum Gasteiger partial charge on any atom is -0.493 e. The van der Waals surface area contributed by atoms with E-state index in [1.807, 2.05) is 31.2 Å². The SMILES string of the molecule is Cc1n[nH]c(=S)nc1Nc1ccc(OCC(C)C)cc1. The number of nitrogens with zero attached hydrogens (tertiary/aromatic N) is 2. The van der Waals surface area contributed by atoms with Gasteiger partial charge in [-0.2, -0.15) is 10.1 Å². The maximum absolute atomic E-state index is 5.64. The summed E-state index contributed by atoms with van der Waals surface area (Å²) < 4.78 is 5.99. The highest BCUT2D eigenvalue weighted by atomic mass is 32.1. The van der Waals surface area contributed by atoms with Crippen LogP contribution in [0.25, 0.3) is 0 Å². The third kappa shape index (κ3) is 4.03. The molecule has 0 atom stereocenters. The van der Waals surface area contributed by atoms with Crippen LogP contribution in [0, 0.1) is 17.6 Å². The number of hydrogen-bond acceptors (Lipinski definition) is 5. The van der Waals surface area contributed by atoms with Crippen molar-refractivity contribution in [2.24, 2.45) is 5.92 Å². The fraction of sp³-hybridized carbons (Fsp3) is 0.357. The number of anilines is 2. The molecule has 20 heavy (non-hydrogen) atoms. The lowest BCUT2D eigenvalue weighted by atomic mass is 10.2. The molecule has 0 aliphatic carbocycles. The van der Waals surface area contributed by atoms with Gasteiger partial charge in [0.15, 0.2) is 5.82 Å². The second-order valence-corrected chi connectivity index (χ2v) is 5.32. The Labute approximate surface area is 123 Å². The Hall–Kier alpha value is -1.95. The van der Waals surface area contributed by atoms with E-state index in [0.29, 0.717) is 23.1 Å². The van der Waals surface area contributed by atoms with Crippen molar-refractivity contribution in [3.63, 3.8) is 0 Å². The van der Waals surface area contributed by atoms with E-state index in [2.05, 4.69) is 34.3 Å². The fourth-order valence-electron chi connectivity index (χ4n) is 1.54. The highest BCUT2D eigenvalue weighted by molar-refractivity contribution is 7.71. The first-order valence-electron chi connectivity index (χ1n) is 6.48. The van der Waals surface area contributed by atoms with Crippen LogP contribution in [0.5, 0.6) is 5.75 Å². The van der Waals surface area contributed by atoms with Gasteiger partial charge in [0, 0.05) is 5.69 Å². The summed E-state index contributed by atoms with van der Waals surface area (Å²) in [6, 6.07) is 7.74. The van der Waals surface area contributed by atoms with Gasteiger partial charge in [0.25, 0.3) is 0 Å². The first-order chi connectivity index (χ1) is 9.54. The van der Waals surface area contributed by atoms with Crippen molar-refractivity contribution in [1.82, 2.24) is 15.2 Å². The highest BCUT2D eigenvalue weighted by Crippen LogP contribution is 2.20. The second kappa shape index (κ2) is 6.47. The van der Waals surface area contributed by atoms with Crippen LogP contribution < -0.4 is 10.1 Å². The molecule has 0 saturated heterocycles. The molecule has 0 fully saturated rings. The molecule has 2 N–H and O–H groups in total. The van der Waals surface area contributed by atoms with Crippen molar-refractivity contribution in [3.8, 4) is 5.75 Å². The van der Waals surface area contributed by atoms with E-state index in [1.165, 1.54) is 0 Å². The number of aromatic nitrogens is 3. The molecule has 2 aromatic rings. The van der Waals surface area contributed by atoms with Crippen molar-refractivity contribution in [1.29, 1.82) is 0 Å². The Morgan fingerprint density at radius 1 is 1.30 bits per heavy atom. The van der Waals surface area contributed by atoms with Crippen LogP contribution in [0.15, 0.2) is 24.3 Å². The predicted molar refractivity (Wildman–Crippen MR) is 82.0 cm³/mol. The molecule has 0 unspecified atom stereocenters. The molecule has 1 heterocycles. The normalized spacial score (nSPS) is 10.6. The summed E-state index contributed by atoms with van der Waals surface area (Å²) in [7, 11) is 0. The number of hydrogen-bond donors (Lipinski definition) is 2. The van der Waals surface area contributed by atoms with E-state index < -0.39 is 0 Å². The van der Waals surface area contributed by atoms with Crippen LogP contribution in [0.4, 0.5) is 11.5 Å².